The standard InChI is InChI=1S/C10H9IO/c1-8(7-12)6-9-2-4-10(11)5-3-9/h2-7H,1H3/b8-6-. The minimum atomic E-state index is 0.746. The van der Waals surface area contributed by atoms with Crippen LogP contribution in [0.5, 0.6) is 0 Å². The summed E-state index contributed by atoms with van der Waals surface area (Å²) >= 11 is 2.25. The predicted octanol–water partition coefficient (Wildman–Crippen LogP) is 2.89. The van der Waals surface area contributed by atoms with Crippen LogP contribution in [0, 0.1) is 3.57 Å². The second kappa shape index (κ2) is 4.40. The fourth-order valence-electron chi connectivity index (χ4n) is 0.856. The van der Waals surface area contributed by atoms with E-state index in [2.05, 4.69) is 22.6 Å². The minimum Gasteiger partial charge on any atom is -0.298 e. The van der Waals surface area contributed by atoms with Crippen molar-refractivity contribution in [2.24, 2.45) is 0 Å². The first-order valence-electron chi connectivity index (χ1n) is 3.61. The van der Waals surface area contributed by atoms with E-state index in [9.17, 15) is 4.79 Å². The third kappa shape index (κ3) is 2.77. The van der Waals surface area contributed by atoms with Gasteiger partial charge in [0.1, 0.15) is 6.29 Å². The molecule has 0 aliphatic rings. The maximum Gasteiger partial charge on any atom is 0.145 e. The molecule has 0 bridgehead atoms. The summed E-state index contributed by atoms with van der Waals surface area (Å²) in [5.41, 5.74) is 1.82. The Morgan fingerprint density at radius 2 is 1.92 bits per heavy atom. The van der Waals surface area contributed by atoms with Crippen molar-refractivity contribution in [2.75, 3.05) is 0 Å². The van der Waals surface area contributed by atoms with Crippen molar-refractivity contribution in [3.63, 3.8) is 0 Å². The van der Waals surface area contributed by atoms with E-state index in [0.29, 0.717) is 0 Å². The topological polar surface area (TPSA) is 17.1 Å². The molecule has 0 aromatic heterocycles. The molecule has 0 spiro atoms. The summed E-state index contributed by atoms with van der Waals surface area (Å²) in [6.07, 6.45) is 2.72. The van der Waals surface area contributed by atoms with E-state index in [0.717, 1.165) is 17.4 Å². The second-order valence-corrected chi connectivity index (χ2v) is 3.80. The first-order chi connectivity index (χ1) is 5.72. The van der Waals surface area contributed by atoms with Crippen molar-refractivity contribution in [3.05, 3.63) is 39.0 Å². The fourth-order valence-corrected chi connectivity index (χ4v) is 1.22. The van der Waals surface area contributed by atoms with Gasteiger partial charge in [0.2, 0.25) is 0 Å². The fraction of sp³-hybridized carbons (Fsp3) is 0.100. The largest absolute Gasteiger partial charge is 0.298 e. The van der Waals surface area contributed by atoms with Crippen molar-refractivity contribution in [1.29, 1.82) is 0 Å². The van der Waals surface area contributed by atoms with Gasteiger partial charge < -0.3 is 0 Å². The number of carbonyl (C=O) groups excluding carboxylic acids is 1. The first-order valence-corrected chi connectivity index (χ1v) is 4.69. The highest BCUT2D eigenvalue weighted by Gasteiger charge is 1.89. The van der Waals surface area contributed by atoms with E-state index in [4.69, 9.17) is 0 Å². The molecule has 0 fully saturated rings. The Morgan fingerprint density at radius 3 is 2.42 bits per heavy atom. The normalized spacial score (nSPS) is 11.3. The lowest BCUT2D eigenvalue weighted by Gasteiger charge is -1.93. The van der Waals surface area contributed by atoms with Crippen LogP contribution in [-0.2, 0) is 4.79 Å². The number of aldehydes is 1. The van der Waals surface area contributed by atoms with Crippen LogP contribution < -0.4 is 0 Å². The molecule has 0 radical (unpaired) electrons. The van der Waals surface area contributed by atoms with E-state index in [-0.39, 0.29) is 0 Å². The highest BCUT2D eigenvalue weighted by Crippen LogP contribution is 2.09. The van der Waals surface area contributed by atoms with Gasteiger partial charge in [-0.25, -0.2) is 0 Å². The molecule has 0 amide bonds. The van der Waals surface area contributed by atoms with E-state index < -0.39 is 0 Å². The Hall–Kier alpha value is -0.640. The summed E-state index contributed by atoms with van der Waals surface area (Å²) in [5.74, 6) is 0. The summed E-state index contributed by atoms with van der Waals surface area (Å²) in [6, 6.07) is 8.03. The summed E-state index contributed by atoms with van der Waals surface area (Å²) in [4.78, 5) is 10.3. The lowest BCUT2D eigenvalue weighted by molar-refractivity contribution is -0.104. The number of halogens is 1. The third-order valence-corrected chi connectivity index (χ3v) is 2.17. The highest BCUT2D eigenvalue weighted by atomic mass is 127. The average molecular weight is 272 g/mol. The van der Waals surface area contributed by atoms with Crippen LogP contribution in [0.15, 0.2) is 29.8 Å². The van der Waals surface area contributed by atoms with Gasteiger partial charge in [-0.3, -0.25) is 4.79 Å². The summed E-state index contributed by atoms with van der Waals surface area (Å²) in [5, 5.41) is 0. The van der Waals surface area contributed by atoms with Gasteiger partial charge in [-0.15, -0.1) is 0 Å². The first kappa shape index (κ1) is 9.45. The highest BCUT2D eigenvalue weighted by molar-refractivity contribution is 14.1. The zero-order valence-corrected chi connectivity index (χ0v) is 8.91. The van der Waals surface area contributed by atoms with E-state index in [1.54, 1.807) is 6.92 Å². The van der Waals surface area contributed by atoms with Gasteiger partial charge in [-0.1, -0.05) is 12.1 Å². The van der Waals surface area contributed by atoms with Gasteiger partial charge in [0.25, 0.3) is 0 Å². The monoisotopic (exact) mass is 272 g/mol. The molecule has 0 aliphatic carbocycles. The van der Waals surface area contributed by atoms with Gasteiger partial charge in [-0.2, -0.15) is 0 Å². The van der Waals surface area contributed by atoms with Gasteiger partial charge in [0.15, 0.2) is 0 Å². The van der Waals surface area contributed by atoms with Crippen molar-refractivity contribution in [2.45, 2.75) is 6.92 Å². The van der Waals surface area contributed by atoms with Gasteiger partial charge in [-0.05, 0) is 58.9 Å². The molecule has 12 heavy (non-hydrogen) atoms. The molecule has 0 aliphatic heterocycles. The summed E-state index contributed by atoms with van der Waals surface area (Å²) < 4.78 is 1.20. The molecule has 0 atom stereocenters. The number of rotatable bonds is 2. The quantitative estimate of drug-likeness (QED) is 0.459. The molecule has 1 rings (SSSR count). The Balaban J connectivity index is 2.91. The van der Waals surface area contributed by atoms with Crippen LogP contribution in [0.2, 0.25) is 0 Å². The Kier molecular flexibility index (Phi) is 3.47. The smallest absolute Gasteiger partial charge is 0.145 e. The molecule has 1 aromatic rings. The van der Waals surface area contributed by atoms with Crippen LogP contribution in [0.3, 0.4) is 0 Å². The van der Waals surface area contributed by atoms with Crippen molar-refractivity contribution in [1.82, 2.24) is 0 Å². The second-order valence-electron chi connectivity index (χ2n) is 2.56. The number of hydrogen-bond donors (Lipinski definition) is 0. The zero-order valence-electron chi connectivity index (χ0n) is 6.75. The average Bonchev–Trinajstić information content (AvgIpc) is 2.09. The Bertz CT molecular complexity index is 298. The molecular weight excluding hydrogens is 263 g/mol. The van der Waals surface area contributed by atoms with E-state index in [1.165, 1.54) is 3.57 Å². The van der Waals surface area contributed by atoms with Gasteiger partial charge >= 0.3 is 0 Å². The number of benzene rings is 1. The molecule has 1 aromatic carbocycles. The maximum absolute atomic E-state index is 10.3. The molecule has 0 heterocycles. The molecule has 0 N–H and O–H groups in total. The molecule has 0 saturated carbocycles. The summed E-state index contributed by atoms with van der Waals surface area (Å²) in [7, 11) is 0. The maximum atomic E-state index is 10.3. The molecule has 1 nitrogen and oxygen atoms in total. The molecule has 62 valence electrons. The van der Waals surface area contributed by atoms with Crippen molar-refractivity contribution >= 4 is 35.0 Å². The number of hydrogen-bond acceptors (Lipinski definition) is 1. The lowest BCUT2D eigenvalue weighted by atomic mass is 10.1. The van der Waals surface area contributed by atoms with Crippen LogP contribution in [0.1, 0.15) is 12.5 Å². The van der Waals surface area contributed by atoms with Gasteiger partial charge in [0.05, 0.1) is 0 Å². The van der Waals surface area contributed by atoms with E-state index in [1.807, 2.05) is 30.3 Å². The van der Waals surface area contributed by atoms with Gasteiger partial charge in [0, 0.05) is 3.57 Å². The SMILES string of the molecule is C/C(C=O)=C/c1ccc(I)cc1. The van der Waals surface area contributed by atoms with E-state index >= 15 is 0 Å². The third-order valence-electron chi connectivity index (χ3n) is 1.45. The molecule has 0 unspecified atom stereocenters. The molecule has 2 heteroatoms. The zero-order chi connectivity index (χ0) is 8.97. The van der Waals surface area contributed by atoms with Crippen LogP contribution in [0.25, 0.3) is 6.08 Å². The Morgan fingerprint density at radius 1 is 1.33 bits per heavy atom. The van der Waals surface area contributed by atoms with Crippen LogP contribution in [0.4, 0.5) is 0 Å². The lowest BCUT2D eigenvalue weighted by Crippen LogP contribution is -1.78. The summed E-state index contributed by atoms with van der Waals surface area (Å²) in [6.45, 7) is 1.80. The Labute approximate surface area is 85.6 Å². The molecular formula is C10H9IO. The van der Waals surface area contributed by atoms with Crippen molar-refractivity contribution in [3.8, 4) is 0 Å². The number of allylic oxidation sites excluding steroid dienone is 1. The minimum absolute atomic E-state index is 0.746. The van der Waals surface area contributed by atoms with Crippen LogP contribution in [-0.4, -0.2) is 6.29 Å². The number of carbonyl (C=O) groups is 1. The molecule has 0 saturated heterocycles. The van der Waals surface area contributed by atoms with Crippen LogP contribution >= 0.6 is 22.6 Å². The van der Waals surface area contributed by atoms with Crippen molar-refractivity contribution < 1.29 is 4.79 Å². The predicted molar refractivity (Wildman–Crippen MR) is 58.9 cm³/mol.